The summed E-state index contributed by atoms with van der Waals surface area (Å²) in [4.78, 5) is 12.8. The van der Waals surface area contributed by atoms with Gasteiger partial charge in [-0.2, -0.15) is 5.10 Å². The van der Waals surface area contributed by atoms with Gasteiger partial charge in [0.05, 0.1) is 27.7 Å². The average Bonchev–Trinajstić information content (AvgIpc) is 3.10. The Morgan fingerprint density at radius 2 is 1.79 bits per heavy atom. The minimum Gasteiger partial charge on any atom is -0.319 e. The first-order chi connectivity index (χ1) is 14.0. The van der Waals surface area contributed by atoms with Crippen LogP contribution in [0.3, 0.4) is 0 Å². The van der Waals surface area contributed by atoms with Crippen molar-refractivity contribution in [3.63, 3.8) is 0 Å². The summed E-state index contributed by atoms with van der Waals surface area (Å²) < 4.78 is 1.66. The monoisotopic (exact) mass is 425 g/mol. The summed E-state index contributed by atoms with van der Waals surface area (Å²) in [5, 5.41) is 17.1. The average molecular weight is 426 g/mol. The standard InChI is InChI=1S/C21H17Cl2N5O/c1-3-16-18(13-8-10-14(22)11-9-13)20-26-25-19(12(2)28(20)27-16)21(29)24-17-7-5-4-6-15(17)23/h4-11H,3H2,1-2H3,(H,24,29). The Morgan fingerprint density at radius 1 is 1.07 bits per heavy atom. The van der Waals surface area contributed by atoms with E-state index in [1.807, 2.05) is 31.2 Å². The molecule has 0 bridgehead atoms. The third-order valence-corrected chi connectivity index (χ3v) is 5.23. The molecule has 2 aromatic carbocycles. The van der Waals surface area contributed by atoms with Gasteiger partial charge in [0.2, 0.25) is 0 Å². The lowest BCUT2D eigenvalue weighted by molar-refractivity contribution is 0.102. The van der Waals surface area contributed by atoms with Crippen molar-refractivity contribution in [1.82, 2.24) is 19.8 Å². The first-order valence-corrected chi connectivity index (χ1v) is 9.82. The maximum Gasteiger partial charge on any atom is 0.278 e. The summed E-state index contributed by atoms with van der Waals surface area (Å²) in [6.07, 6.45) is 0.710. The Kier molecular flexibility index (Phi) is 5.22. The lowest BCUT2D eigenvalue weighted by Gasteiger charge is -2.09. The molecular formula is C21H17Cl2N5O. The fourth-order valence-corrected chi connectivity index (χ4v) is 3.47. The van der Waals surface area contributed by atoms with E-state index in [-0.39, 0.29) is 5.69 Å². The van der Waals surface area contributed by atoms with Crippen LogP contribution in [0.25, 0.3) is 16.8 Å². The van der Waals surface area contributed by atoms with Gasteiger partial charge in [-0.05, 0) is 43.2 Å². The van der Waals surface area contributed by atoms with Gasteiger partial charge in [-0.3, -0.25) is 4.79 Å². The largest absolute Gasteiger partial charge is 0.319 e. The second-order valence-electron chi connectivity index (χ2n) is 6.49. The van der Waals surface area contributed by atoms with E-state index in [0.29, 0.717) is 33.5 Å². The van der Waals surface area contributed by atoms with Gasteiger partial charge in [-0.15, -0.1) is 10.2 Å². The highest BCUT2D eigenvalue weighted by Gasteiger charge is 2.21. The van der Waals surface area contributed by atoms with Gasteiger partial charge in [-0.1, -0.05) is 54.4 Å². The molecule has 0 aliphatic rings. The molecule has 0 unspecified atom stereocenters. The minimum atomic E-state index is -0.397. The normalized spacial score (nSPS) is 11.0. The Hall–Kier alpha value is -2.96. The summed E-state index contributed by atoms with van der Waals surface area (Å²) in [6.45, 7) is 3.82. The zero-order chi connectivity index (χ0) is 20.5. The van der Waals surface area contributed by atoms with Crippen LogP contribution < -0.4 is 5.32 Å². The van der Waals surface area contributed by atoms with Gasteiger partial charge in [-0.25, -0.2) is 4.52 Å². The molecule has 146 valence electrons. The molecule has 29 heavy (non-hydrogen) atoms. The Balaban J connectivity index is 1.79. The highest BCUT2D eigenvalue weighted by Crippen LogP contribution is 2.30. The number of para-hydroxylation sites is 1. The molecule has 1 amide bonds. The number of nitrogens with one attached hydrogen (secondary N) is 1. The van der Waals surface area contributed by atoms with Crippen LogP contribution in [0.5, 0.6) is 0 Å². The number of hydrogen-bond donors (Lipinski definition) is 1. The number of hydrogen-bond acceptors (Lipinski definition) is 4. The lowest BCUT2D eigenvalue weighted by atomic mass is 10.0. The van der Waals surface area contributed by atoms with Gasteiger partial charge < -0.3 is 5.32 Å². The van der Waals surface area contributed by atoms with Gasteiger partial charge >= 0.3 is 0 Å². The molecule has 0 radical (unpaired) electrons. The van der Waals surface area contributed by atoms with Crippen LogP contribution in [0, 0.1) is 6.92 Å². The number of nitrogens with zero attached hydrogens (tertiary/aromatic N) is 4. The van der Waals surface area contributed by atoms with Crippen LogP contribution in [0.2, 0.25) is 10.0 Å². The molecule has 0 fully saturated rings. The van der Waals surface area contributed by atoms with E-state index in [2.05, 4.69) is 20.6 Å². The van der Waals surface area contributed by atoms with E-state index >= 15 is 0 Å². The second kappa shape index (κ2) is 7.81. The number of carbonyl (C=O) groups is 1. The number of amides is 1. The highest BCUT2D eigenvalue weighted by molar-refractivity contribution is 6.33. The van der Waals surface area contributed by atoms with Gasteiger partial charge in [0.15, 0.2) is 11.3 Å². The number of fused-ring (bicyclic) bond motifs is 1. The molecule has 0 saturated heterocycles. The molecule has 0 aliphatic heterocycles. The first kappa shape index (κ1) is 19.4. The number of aryl methyl sites for hydroxylation is 2. The fraction of sp³-hybridized carbons (Fsp3) is 0.143. The molecule has 0 atom stereocenters. The number of aromatic nitrogens is 4. The van der Waals surface area contributed by atoms with Gasteiger partial charge in [0.25, 0.3) is 5.91 Å². The van der Waals surface area contributed by atoms with Crippen LogP contribution in [0.1, 0.15) is 28.8 Å². The number of carbonyl (C=O) groups excluding carboxylic acids is 1. The third-order valence-electron chi connectivity index (χ3n) is 4.64. The SMILES string of the molecule is CCc1nn2c(C)c(C(=O)Nc3ccccc3Cl)nnc2c1-c1ccc(Cl)cc1. The van der Waals surface area contributed by atoms with Gasteiger partial charge in [0, 0.05) is 5.02 Å². The summed E-state index contributed by atoms with van der Waals surface area (Å²) in [7, 11) is 0. The van der Waals surface area contributed by atoms with E-state index in [9.17, 15) is 4.79 Å². The Morgan fingerprint density at radius 3 is 2.48 bits per heavy atom. The maximum absolute atomic E-state index is 12.8. The van der Waals surface area contributed by atoms with E-state index in [1.54, 1.807) is 35.7 Å². The van der Waals surface area contributed by atoms with E-state index < -0.39 is 5.91 Å². The predicted molar refractivity (Wildman–Crippen MR) is 115 cm³/mol. The van der Waals surface area contributed by atoms with Crippen molar-refractivity contribution in [3.8, 4) is 11.1 Å². The third kappa shape index (κ3) is 3.57. The van der Waals surface area contributed by atoms with Crippen molar-refractivity contribution in [2.75, 3.05) is 5.32 Å². The van der Waals surface area contributed by atoms with Crippen LogP contribution in [-0.4, -0.2) is 25.7 Å². The number of halogens is 2. The summed E-state index contributed by atoms with van der Waals surface area (Å²) in [5.74, 6) is -0.397. The van der Waals surface area contributed by atoms with E-state index in [4.69, 9.17) is 23.2 Å². The summed E-state index contributed by atoms with van der Waals surface area (Å²) in [5.41, 5.74) is 4.59. The zero-order valence-electron chi connectivity index (χ0n) is 15.8. The molecule has 6 nitrogen and oxygen atoms in total. The van der Waals surface area contributed by atoms with Gasteiger partial charge in [0.1, 0.15) is 0 Å². The molecular weight excluding hydrogens is 409 g/mol. The number of anilines is 1. The molecule has 0 spiro atoms. The quantitative estimate of drug-likeness (QED) is 0.486. The summed E-state index contributed by atoms with van der Waals surface area (Å²) >= 11 is 12.2. The van der Waals surface area contributed by atoms with Crippen molar-refractivity contribution in [3.05, 3.63) is 75.7 Å². The van der Waals surface area contributed by atoms with Crippen LogP contribution in [0.15, 0.2) is 48.5 Å². The van der Waals surface area contributed by atoms with Crippen molar-refractivity contribution >= 4 is 40.4 Å². The van der Waals surface area contributed by atoms with Crippen LogP contribution in [-0.2, 0) is 6.42 Å². The smallest absolute Gasteiger partial charge is 0.278 e. The molecule has 0 aliphatic carbocycles. The Labute approximate surface area is 177 Å². The highest BCUT2D eigenvalue weighted by atomic mass is 35.5. The fourth-order valence-electron chi connectivity index (χ4n) is 3.16. The predicted octanol–water partition coefficient (Wildman–Crippen LogP) is 5.22. The minimum absolute atomic E-state index is 0.185. The van der Waals surface area contributed by atoms with Crippen LogP contribution >= 0.6 is 23.2 Å². The topological polar surface area (TPSA) is 72.2 Å². The molecule has 2 heterocycles. The molecule has 1 N–H and O–H groups in total. The molecule has 8 heteroatoms. The molecule has 2 aromatic heterocycles. The van der Waals surface area contributed by atoms with Crippen molar-refractivity contribution in [2.45, 2.75) is 20.3 Å². The lowest BCUT2D eigenvalue weighted by Crippen LogP contribution is -2.18. The van der Waals surface area contributed by atoms with E-state index in [1.165, 1.54) is 0 Å². The Bertz CT molecular complexity index is 1220. The number of rotatable bonds is 4. The second-order valence-corrected chi connectivity index (χ2v) is 7.33. The van der Waals surface area contributed by atoms with Crippen molar-refractivity contribution < 1.29 is 4.79 Å². The van der Waals surface area contributed by atoms with E-state index in [0.717, 1.165) is 16.8 Å². The molecule has 0 saturated carbocycles. The van der Waals surface area contributed by atoms with Crippen molar-refractivity contribution in [1.29, 1.82) is 0 Å². The molecule has 4 aromatic rings. The maximum atomic E-state index is 12.8. The van der Waals surface area contributed by atoms with Crippen LogP contribution in [0.4, 0.5) is 5.69 Å². The zero-order valence-corrected chi connectivity index (χ0v) is 17.3. The molecule has 4 rings (SSSR count). The van der Waals surface area contributed by atoms with Crippen molar-refractivity contribution in [2.24, 2.45) is 0 Å². The first-order valence-electron chi connectivity index (χ1n) is 9.06. The number of benzene rings is 2. The summed E-state index contributed by atoms with van der Waals surface area (Å²) in [6, 6.07) is 14.5.